The van der Waals surface area contributed by atoms with Crippen LogP contribution in [0.25, 0.3) is 22.3 Å². The van der Waals surface area contributed by atoms with Crippen molar-refractivity contribution < 1.29 is 33.0 Å². The van der Waals surface area contributed by atoms with E-state index in [1.54, 1.807) is 13.8 Å². The Hall–Kier alpha value is -4.64. The quantitative estimate of drug-likeness (QED) is 0.306. The molecule has 9 nitrogen and oxygen atoms in total. The van der Waals surface area contributed by atoms with Crippen LogP contribution in [-0.2, 0) is 39.6 Å². The van der Waals surface area contributed by atoms with Gasteiger partial charge in [-0.1, -0.05) is 37.3 Å². The molecule has 0 bridgehead atoms. The van der Waals surface area contributed by atoms with Gasteiger partial charge in [-0.2, -0.15) is 0 Å². The number of hydrogen-bond acceptors (Lipinski definition) is 7. The zero-order chi connectivity index (χ0) is 29.1. The van der Waals surface area contributed by atoms with Crippen molar-refractivity contribution in [1.82, 2.24) is 14.9 Å². The molecule has 0 radical (unpaired) electrons. The zero-order valence-corrected chi connectivity index (χ0v) is 22.2. The second kappa shape index (κ2) is 9.77. The predicted octanol–water partition coefficient (Wildman–Crippen LogP) is 4.35. The topological polar surface area (TPSA) is 120 Å². The van der Waals surface area contributed by atoms with E-state index in [4.69, 9.17) is 9.47 Å². The maximum absolute atomic E-state index is 14.5. The summed E-state index contributed by atoms with van der Waals surface area (Å²) in [5.41, 5.74) is 0.200. The molecule has 11 heteroatoms. The summed E-state index contributed by atoms with van der Waals surface area (Å²) in [6.07, 6.45) is -0.754. The van der Waals surface area contributed by atoms with Gasteiger partial charge in [0.1, 0.15) is 13.2 Å². The number of hydrogen-bond donors (Lipinski definition) is 2. The van der Waals surface area contributed by atoms with E-state index in [1.165, 1.54) is 10.6 Å². The maximum atomic E-state index is 14.5. The molecular weight excluding hydrogens is 536 g/mol. The van der Waals surface area contributed by atoms with Gasteiger partial charge >= 0.3 is 12.1 Å². The number of fused-ring (bicyclic) bond motifs is 5. The maximum Gasteiger partial charge on any atom is 0.407 e. The van der Waals surface area contributed by atoms with E-state index >= 15 is 0 Å². The van der Waals surface area contributed by atoms with E-state index in [1.807, 2.05) is 30.3 Å². The van der Waals surface area contributed by atoms with Crippen LogP contribution in [0, 0.1) is 11.6 Å². The fraction of sp³-hybridized carbons (Fsp3) is 0.267. The first-order chi connectivity index (χ1) is 19.6. The summed E-state index contributed by atoms with van der Waals surface area (Å²) in [5, 5.41) is 14.1. The lowest BCUT2D eigenvalue weighted by atomic mass is 9.86. The largest absolute Gasteiger partial charge is 0.458 e. The van der Waals surface area contributed by atoms with E-state index < -0.39 is 40.9 Å². The molecular formula is C30H25F2N3O6. The summed E-state index contributed by atoms with van der Waals surface area (Å²) in [6, 6.07) is 11.8. The summed E-state index contributed by atoms with van der Waals surface area (Å²) in [5.74, 6) is -3.06. The SMILES string of the molecule is CC[C@@]1(O)C(=O)OCc2c1cc1n(c2=O)Cc2c-1nc1cc(F)c(F)cc1c2[C@@H](C)NC(=O)OCc1ccccc1. The molecule has 2 aromatic heterocycles. The summed E-state index contributed by atoms with van der Waals surface area (Å²) < 4.78 is 40.7. The predicted molar refractivity (Wildman–Crippen MR) is 143 cm³/mol. The van der Waals surface area contributed by atoms with Gasteiger partial charge in [0.25, 0.3) is 5.56 Å². The summed E-state index contributed by atoms with van der Waals surface area (Å²) in [4.78, 5) is 43.4. The van der Waals surface area contributed by atoms with E-state index in [9.17, 15) is 28.3 Å². The number of aromatic nitrogens is 2. The minimum atomic E-state index is -2.02. The lowest BCUT2D eigenvalue weighted by Gasteiger charge is -2.31. The van der Waals surface area contributed by atoms with E-state index in [-0.39, 0.29) is 48.2 Å². The number of esters is 1. The van der Waals surface area contributed by atoms with Gasteiger partial charge in [-0.15, -0.1) is 0 Å². The van der Waals surface area contributed by atoms with Crippen LogP contribution < -0.4 is 10.9 Å². The van der Waals surface area contributed by atoms with Crippen molar-refractivity contribution in [3.05, 3.63) is 98.3 Å². The highest BCUT2D eigenvalue weighted by molar-refractivity contribution is 5.90. The Morgan fingerprint density at radius 3 is 2.63 bits per heavy atom. The number of nitrogens with one attached hydrogen (secondary N) is 1. The van der Waals surface area contributed by atoms with Crippen molar-refractivity contribution in [2.75, 3.05) is 0 Å². The number of halogens is 2. The molecule has 1 amide bonds. The lowest BCUT2D eigenvalue weighted by Crippen LogP contribution is -2.44. The van der Waals surface area contributed by atoms with E-state index in [2.05, 4.69) is 10.3 Å². The van der Waals surface area contributed by atoms with Crippen molar-refractivity contribution >= 4 is 23.0 Å². The number of nitrogens with zero attached hydrogens (tertiary/aromatic N) is 2. The van der Waals surface area contributed by atoms with Crippen molar-refractivity contribution in [3.63, 3.8) is 0 Å². The Labute approximate surface area is 232 Å². The first-order valence-corrected chi connectivity index (χ1v) is 13.1. The zero-order valence-electron chi connectivity index (χ0n) is 22.2. The Morgan fingerprint density at radius 2 is 1.90 bits per heavy atom. The first-order valence-electron chi connectivity index (χ1n) is 13.1. The normalized spacial score (nSPS) is 17.8. The molecule has 4 aromatic rings. The third kappa shape index (κ3) is 4.24. The number of alkyl carbamates (subject to hydrolysis) is 1. The molecule has 2 aromatic carbocycles. The number of aliphatic hydroxyl groups is 1. The molecule has 0 saturated heterocycles. The minimum Gasteiger partial charge on any atom is -0.458 e. The summed E-state index contributed by atoms with van der Waals surface area (Å²) in [7, 11) is 0. The van der Waals surface area contributed by atoms with Crippen LogP contribution >= 0.6 is 0 Å². The molecule has 6 rings (SSSR count). The molecule has 0 aliphatic carbocycles. The molecule has 210 valence electrons. The number of benzene rings is 2. The van der Waals surface area contributed by atoms with Gasteiger partial charge in [0, 0.05) is 22.6 Å². The monoisotopic (exact) mass is 561 g/mol. The van der Waals surface area contributed by atoms with Crippen LogP contribution in [0.15, 0.2) is 53.3 Å². The Balaban J connectivity index is 1.46. The minimum absolute atomic E-state index is 0.0115. The van der Waals surface area contributed by atoms with Crippen LogP contribution in [0.4, 0.5) is 13.6 Å². The number of rotatable bonds is 5. The van der Waals surface area contributed by atoms with E-state index in [0.29, 0.717) is 22.5 Å². The van der Waals surface area contributed by atoms with Gasteiger partial charge in [-0.3, -0.25) is 4.79 Å². The second-order valence-electron chi connectivity index (χ2n) is 10.2. The molecule has 2 atom stereocenters. The fourth-order valence-corrected chi connectivity index (χ4v) is 5.61. The van der Waals surface area contributed by atoms with Crippen molar-refractivity contribution in [2.45, 2.75) is 51.7 Å². The standard InChI is InChI=1S/C30H25F2N3O6/c1-3-30(39)20-10-24-26-18(12-35(24)27(36)19(20)14-40-28(30)37)25(17-9-21(31)22(32)11-23(17)34-26)15(2)33-29(38)41-13-16-7-5-4-6-8-16/h4-11,15,39H,3,12-14H2,1-2H3,(H,33,38)/t15-,30+/m1/s1. The Morgan fingerprint density at radius 1 is 1.17 bits per heavy atom. The van der Waals surface area contributed by atoms with Crippen LogP contribution in [0.5, 0.6) is 0 Å². The number of pyridine rings is 2. The Kier molecular flexibility index (Phi) is 6.33. The third-order valence-corrected chi connectivity index (χ3v) is 7.75. The highest BCUT2D eigenvalue weighted by Crippen LogP contribution is 2.42. The highest BCUT2D eigenvalue weighted by atomic mass is 19.2. The second-order valence-corrected chi connectivity index (χ2v) is 10.2. The number of cyclic esters (lactones) is 1. The molecule has 2 aliphatic rings. The van der Waals surface area contributed by atoms with Crippen molar-refractivity contribution in [2.24, 2.45) is 0 Å². The van der Waals surface area contributed by atoms with Gasteiger partial charge < -0.3 is 24.5 Å². The van der Waals surface area contributed by atoms with Gasteiger partial charge in [0.2, 0.25) is 0 Å². The number of carbonyl (C=O) groups is 2. The van der Waals surface area contributed by atoms with Gasteiger partial charge in [-0.05, 0) is 36.6 Å². The Bertz CT molecular complexity index is 1810. The highest BCUT2D eigenvalue weighted by Gasteiger charge is 2.45. The van der Waals surface area contributed by atoms with E-state index in [0.717, 1.165) is 17.7 Å². The molecule has 2 aliphatic heterocycles. The average molecular weight is 562 g/mol. The van der Waals surface area contributed by atoms with Crippen LogP contribution in [-0.4, -0.2) is 26.7 Å². The third-order valence-electron chi connectivity index (χ3n) is 7.75. The molecule has 4 heterocycles. The van der Waals surface area contributed by atoms with Crippen LogP contribution in [0.1, 0.15) is 54.1 Å². The number of amides is 1. The van der Waals surface area contributed by atoms with Gasteiger partial charge in [-0.25, -0.2) is 23.4 Å². The molecule has 0 unspecified atom stereocenters. The van der Waals surface area contributed by atoms with Gasteiger partial charge in [0.15, 0.2) is 17.2 Å². The van der Waals surface area contributed by atoms with Gasteiger partial charge in [0.05, 0.1) is 35.1 Å². The summed E-state index contributed by atoms with van der Waals surface area (Å²) in [6.45, 7) is 3.01. The smallest absolute Gasteiger partial charge is 0.407 e. The molecule has 41 heavy (non-hydrogen) atoms. The molecule has 0 fully saturated rings. The molecule has 2 N–H and O–H groups in total. The average Bonchev–Trinajstić information content (AvgIpc) is 3.32. The number of ether oxygens (including phenoxy) is 2. The van der Waals surface area contributed by atoms with Crippen LogP contribution in [0.2, 0.25) is 0 Å². The lowest BCUT2D eigenvalue weighted by molar-refractivity contribution is -0.172. The van der Waals surface area contributed by atoms with Crippen molar-refractivity contribution in [3.8, 4) is 11.4 Å². The van der Waals surface area contributed by atoms with Crippen molar-refractivity contribution in [1.29, 1.82) is 0 Å². The molecule has 0 saturated carbocycles. The van der Waals surface area contributed by atoms with Crippen LogP contribution in [0.3, 0.4) is 0 Å². The first kappa shape index (κ1) is 26.6. The fourth-order valence-electron chi connectivity index (χ4n) is 5.61. The number of carbonyl (C=O) groups excluding carboxylic acids is 2. The molecule has 0 spiro atoms. The summed E-state index contributed by atoms with van der Waals surface area (Å²) >= 11 is 0.